The van der Waals surface area contributed by atoms with E-state index in [0.717, 1.165) is 41.9 Å². The van der Waals surface area contributed by atoms with Gasteiger partial charge in [0, 0.05) is 17.1 Å². The lowest BCUT2D eigenvalue weighted by atomic mass is 10.00. The minimum atomic E-state index is -0.229. The molecule has 0 aliphatic rings. The molecule has 0 amide bonds. The van der Waals surface area contributed by atoms with Crippen LogP contribution >= 0.6 is 0 Å². The number of nitrogens with zero attached hydrogens (tertiary/aromatic N) is 1. The summed E-state index contributed by atoms with van der Waals surface area (Å²) in [5.41, 5.74) is 4.17. The zero-order valence-electron chi connectivity index (χ0n) is 15.5. The highest BCUT2D eigenvalue weighted by atomic mass is 19.1. The third-order valence-electron chi connectivity index (χ3n) is 4.21. The van der Waals surface area contributed by atoms with Crippen LogP contribution in [-0.2, 0) is 0 Å². The summed E-state index contributed by atoms with van der Waals surface area (Å²) in [6.45, 7) is 16.7. The molecule has 0 spiro atoms. The van der Waals surface area contributed by atoms with Gasteiger partial charge in [0.1, 0.15) is 5.82 Å². The second kappa shape index (κ2) is 9.92. The summed E-state index contributed by atoms with van der Waals surface area (Å²) in [6.07, 6.45) is 9.03. The Kier molecular flexibility index (Phi) is 8.25. The van der Waals surface area contributed by atoms with Crippen LogP contribution in [0.1, 0.15) is 47.0 Å². The van der Waals surface area contributed by atoms with Crippen LogP contribution in [0.3, 0.4) is 0 Å². The molecule has 0 bridgehead atoms. The highest BCUT2D eigenvalue weighted by Crippen LogP contribution is 2.31. The van der Waals surface area contributed by atoms with Crippen molar-refractivity contribution in [1.29, 1.82) is 0 Å². The number of allylic oxidation sites excluding steroid dienone is 6. The van der Waals surface area contributed by atoms with Crippen LogP contribution in [0.2, 0.25) is 0 Å². The number of hydrogen-bond donors (Lipinski definition) is 0. The van der Waals surface area contributed by atoms with Gasteiger partial charge in [-0.05, 0) is 61.6 Å². The average Bonchev–Trinajstić information content (AvgIpc) is 2.59. The van der Waals surface area contributed by atoms with Gasteiger partial charge >= 0.3 is 0 Å². The van der Waals surface area contributed by atoms with E-state index >= 15 is 0 Å². The zero-order chi connectivity index (χ0) is 18.1. The van der Waals surface area contributed by atoms with E-state index in [4.69, 9.17) is 0 Å². The van der Waals surface area contributed by atoms with Crippen LogP contribution < -0.4 is 4.90 Å². The lowest BCUT2D eigenvalue weighted by molar-refractivity contribution is 0.587. The van der Waals surface area contributed by atoms with E-state index in [1.165, 1.54) is 12.1 Å². The third-order valence-corrected chi connectivity index (χ3v) is 4.21. The second-order valence-corrected chi connectivity index (χ2v) is 5.97. The van der Waals surface area contributed by atoms with Crippen LogP contribution in [-0.4, -0.2) is 0 Å². The fraction of sp³-hybridized carbons (Fsp3) is 0.364. The first-order valence-corrected chi connectivity index (χ1v) is 8.72. The highest BCUT2D eigenvalue weighted by molar-refractivity contribution is 5.59. The molecule has 0 aliphatic heterocycles. The van der Waals surface area contributed by atoms with Gasteiger partial charge in [0.25, 0.3) is 0 Å². The van der Waals surface area contributed by atoms with E-state index in [1.807, 2.05) is 31.2 Å². The van der Waals surface area contributed by atoms with Crippen molar-refractivity contribution in [2.24, 2.45) is 5.92 Å². The Morgan fingerprint density at radius 3 is 2.33 bits per heavy atom. The molecule has 0 saturated heterocycles. The van der Waals surface area contributed by atoms with Crippen molar-refractivity contribution in [3.63, 3.8) is 0 Å². The van der Waals surface area contributed by atoms with Gasteiger partial charge in [-0.15, -0.1) is 0 Å². The molecule has 24 heavy (non-hydrogen) atoms. The molecule has 0 aliphatic carbocycles. The molecule has 0 N–H and O–H groups in total. The summed E-state index contributed by atoms with van der Waals surface area (Å²) in [6, 6.07) is 6.62. The standard InChI is InChI=1S/C22H30FN/c1-7-11-17(5)18(6)24(22-14-12-20(23)13-15-22)21(10-4)16-19(8-2)9-3/h8-9,12-17H,2,6-7,10-11H2,1,3-5H3/b19-9+,21-16+. The van der Waals surface area contributed by atoms with Crippen LogP contribution in [0.25, 0.3) is 0 Å². The summed E-state index contributed by atoms with van der Waals surface area (Å²) in [5.74, 6) is 0.126. The summed E-state index contributed by atoms with van der Waals surface area (Å²) >= 11 is 0. The summed E-state index contributed by atoms with van der Waals surface area (Å²) in [4.78, 5) is 2.16. The molecule has 0 heterocycles. The topological polar surface area (TPSA) is 3.24 Å². The van der Waals surface area contributed by atoms with E-state index in [9.17, 15) is 4.39 Å². The second-order valence-electron chi connectivity index (χ2n) is 5.97. The van der Waals surface area contributed by atoms with E-state index < -0.39 is 0 Å². The minimum absolute atomic E-state index is 0.229. The van der Waals surface area contributed by atoms with Gasteiger partial charge in [-0.25, -0.2) is 4.39 Å². The monoisotopic (exact) mass is 327 g/mol. The highest BCUT2D eigenvalue weighted by Gasteiger charge is 2.19. The molecule has 130 valence electrons. The normalized spacial score (nSPS) is 13.5. The zero-order valence-corrected chi connectivity index (χ0v) is 15.5. The molecule has 0 radical (unpaired) electrons. The molecule has 0 aromatic heterocycles. The largest absolute Gasteiger partial charge is 0.318 e. The predicted molar refractivity (Wildman–Crippen MR) is 104 cm³/mol. The number of benzene rings is 1. The molecule has 1 aromatic rings. The average molecular weight is 327 g/mol. The van der Waals surface area contributed by atoms with Crippen molar-refractivity contribution >= 4 is 5.69 Å². The molecular formula is C22H30FN. The maximum Gasteiger partial charge on any atom is 0.123 e. The van der Waals surface area contributed by atoms with Crippen LogP contribution in [0.15, 0.2) is 72.6 Å². The molecule has 0 saturated carbocycles. The molecular weight excluding hydrogens is 297 g/mol. The van der Waals surface area contributed by atoms with Gasteiger partial charge in [-0.1, -0.05) is 52.5 Å². The molecule has 2 heteroatoms. The van der Waals surface area contributed by atoms with Crippen molar-refractivity contribution in [3.05, 3.63) is 78.4 Å². The van der Waals surface area contributed by atoms with Gasteiger partial charge in [0.15, 0.2) is 0 Å². The van der Waals surface area contributed by atoms with Crippen molar-refractivity contribution in [3.8, 4) is 0 Å². The van der Waals surface area contributed by atoms with Gasteiger partial charge in [-0.2, -0.15) is 0 Å². The molecule has 0 fully saturated rings. The number of rotatable bonds is 9. The van der Waals surface area contributed by atoms with Crippen LogP contribution in [0.4, 0.5) is 10.1 Å². The Balaban J connectivity index is 3.37. The summed E-state index contributed by atoms with van der Waals surface area (Å²) in [5, 5.41) is 0. The molecule has 1 nitrogen and oxygen atoms in total. The molecule has 1 unspecified atom stereocenters. The summed E-state index contributed by atoms with van der Waals surface area (Å²) < 4.78 is 13.4. The van der Waals surface area contributed by atoms with Crippen LogP contribution in [0, 0.1) is 11.7 Å². The van der Waals surface area contributed by atoms with E-state index in [1.54, 1.807) is 0 Å². The molecule has 1 atom stereocenters. The van der Waals surface area contributed by atoms with Crippen LogP contribution in [0.5, 0.6) is 0 Å². The fourth-order valence-electron chi connectivity index (χ4n) is 2.70. The number of anilines is 1. The fourth-order valence-corrected chi connectivity index (χ4v) is 2.70. The number of hydrogen-bond acceptors (Lipinski definition) is 1. The first-order chi connectivity index (χ1) is 11.5. The van der Waals surface area contributed by atoms with Crippen molar-refractivity contribution in [2.75, 3.05) is 4.90 Å². The van der Waals surface area contributed by atoms with E-state index in [2.05, 4.69) is 44.9 Å². The Morgan fingerprint density at radius 2 is 1.88 bits per heavy atom. The number of halogens is 1. The van der Waals surface area contributed by atoms with Crippen molar-refractivity contribution in [1.82, 2.24) is 0 Å². The molecule has 1 aromatic carbocycles. The van der Waals surface area contributed by atoms with Gasteiger partial charge in [-0.3, -0.25) is 0 Å². The minimum Gasteiger partial charge on any atom is -0.318 e. The van der Waals surface area contributed by atoms with Gasteiger partial charge < -0.3 is 4.90 Å². The lowest BCUT2D eigenvalue weighted by Gasteiger charge is -2.32. The van der Waals surface area contributed by atoms with Crippen molar-refractivity contribution in [2.45, 2.75) is 47.0 Å². The quantitative estimate of drug-likeness (QED) is 0.441. The lowest BCUT2D eigenvalue weighted by Crippen LogP contribution is -2.25. The van der Waals surface area contributed by atoms with Gasteiger partial charge in [0.2, 0.25) is 0 Å². The van der Waals surface area contributed by atoms with E-state index in [-0.39, 0.29) is 5.82 Å². The Labute approximate surface area is 146 Å². The SMILES string of the molecule is C=CC(=C\C)/C=C(\CC)N(C(=C)C(C)CCC)c1ccc(F)cc1. The first kappa shape index (κ1) is 20.0. The first-order valence-electron chi connectivity index (χ1n) is 8.72. The Hall–Kier alpha value is -2.09. The maximum absolute atomic E-state index is 13.4. The van der Waals surface area contributed by atoms with Crippen molar-refractivity contribution < 1.29 is 4.39 Å². The Bertz CT molecular complexity index is 607. The summed E-state index contributed by atoms with van der Waals surface area (Å²) in [7, 11) is 0. The Morgan fingerprint density at radius 1 is 1.25 bits per heavy atom. The van der Waals surface area contributed by atoms with Gasteiger partial charge in [0.05, 0.1) is 0 Å². The smallest absolute Gasteiger partial charge is 0.123 e. The van der Waals surface area contributed by atoms with E-state index in [0.29, 0.717) is 5.92 Å². The molecule has 1 rings (SSSR count). The third kappa shape index (κ3) is 5.23. The maximum atomic E-state index is 13.4. The predicted octanol–water partition coefficient (Wildman–Crippen LogP) is 7.01.